The monoisotopic (exact) mass is 260 g/mol. The second kappa shape index (κ2) is 4.58. The zero-order valence-electron chi connectivity index (χ0n) is 10.7. The molecule has 0 fully saturated rings. The van der Waals surface area contributed by atoms with Gasteiger partial charge in [0.2, 0.25) is 0 Å². The quantitative estimate of drug-likeness (QED) is 0.902. The number of rotatable bonds is 3. The van der Waals surface area contributed by atoms with Gasteiger partial charge in [-0.3, -0.25) is 4.79 Å². The number of thiophene rings is 1. The first-order valence-electron chi connectivity index (χ1n) is 5.81. The minimum Gasteiger partial charge on any atom is -0.481 e. The maximum absolute atomic E-state index is 11.2. The molecule has 2 aromatic rings. The Labute approximate surface area is 111 Å². The van der Waals surface area contributed by atoms with Crippen LogP contribution >= 0.6 is 11.3 Å². The van der Waals surface area contributed by atoms with Gasteiger partial charge in [-0.25, -0.2) is 0 Å². The molecular weight excluding hydrogens is 244 g/mol. The van der Waals surface area contributed by atoms with Crippen LogP contribution in [0.25, 0.3) is 10.4 Å². The van der Waals surface area contributed by atoms with E-state index in [0.717, 1.165) is 11.1 Å². The molecule has 0 unspecified atom stereocenters. The van der Waals surface area contributed by atoms with Gasteiger partial charge in [-0.15, -0.1) is 11.3 Å². The van der Waals surface area contributed by atoms with E-state index in [9.17, 15) is 9.90 Å². The van der Waals surface area contributed by atoms with Crippen molar-refractivity contribution < 1.29 is 9.90 Å². The molecule has 94 valence electrons. The molecule has 2 nitrogen and oxygen atoms in total. The van der Waals surface area contributed by atoms with Gasteiger partial charge in [-0.05, 0) is 48.9 Å². The summed E-state index contributed by atoms with van der Waals surface area (Å²) in [5, 5.41) is 11.3. The Morgan fingerprint density at radius 1 is 1.17 bits per heavy atom. The minimum atomic E-state index is -0.844. The van der Waals surface area contributed by atoms with E-state index in [1.807, 2.05) is 24.3 Å². The molecule has 3 heteroatoms. The molecule has 1 aromatic carbocycles. The van der Waals surface area contributed by atoms with E-state index in [2.05, 4.69) is 18.4 Å². The Kier molecular flexibility index (Phi) is 3.26. The van der Waals surface area contributed by atoms with Gasteiger partial charge < -0.3 is 5.11 Å². The SMILES string of the molecule is Cc1ccsc1-c1ccc(C(C)(C)C(=O)O)cc1. The molecule has 0 atom stereocenters. The highest BCUT2D eigenvalue weighted by Gasteiger charge is 2.29. The summed E-state index contributed by atoms with van der Waals surface area (Å²) < 4.78 is 0. The van der Waals surface area contributed by atoms with Crippen LogP contribution < -0.4 is 0 Å². The summed E-state index contributed by atoms with van der Waals surface area (Å²) in [4.78, 5) is 12.4. The van der Waals surface area contributed by atoms with E-state index in [1.165, 1.54) is 10.4 Å². The van der Waals surface area contributed by atoms with Crippen molar-refractivity contribution in [2.45, 2.75) is 26.2 Å². The molecule has 0 saturated heterocycles. The van der Waals surface area contributed by atoms with Gasteiger partial charge in [0, 0.05) is 4.88 Å². The van der Waals surface area contributed by atoms with Crippen molar-refractivity contribution in [3.63, 3.8) is 0 Å². The van der Waals surface area contributed by atoms with Crippen LogP contribution in [0.2, 0.25) is 0 Å². The van der Waals surface area contributed by atoms with Crippen LogP contribution in [0.3, 0.4) is 0 Å². The average Bonchev–Trinajstić information content (AvgIpc) is 2.75. The average molecular weight is 260 g/mol. The largest absolute Gasteiger partial charge is 0.481 e. The predicted octanol–water partition coefficient (Wildman–Crippen LogP) is 4.09. The second-order valence-electron chi connectivity index (χ2n) is 4.94. The van der Waals surface area contributed by atoms with Crippen LogP contribution in [0.15, 0.2) is 35.7 Å². The summed E-state index contributed by atoms with van der Waals surface area (Å²) >= 11 is 1.71. The molecule has 1 N–H and O–H groups in total. The summed E-state index contributed by atoms with van der Waals surface area (Å²) in [5.41, 5.74) is 2.38. The normalized spacial score (nSPS) is 11.5. The van der Waals surface area contributed by atoms with Crippen molar-refractivity contribution >= 4 is 17.3 Å². The number of benzene rings is 1. The fourth-order valence-electron chi connectivity index (χ4n) is 1.83. The highest BCUT2D eigenvalue weighted by molar-refractivity contribution is 7.13. The van der Waals surface area contributed by atoms with Gasteiger partial charge in [0.25, 0.3) is 0 Å². The second-order valence-corrected chi connectivity index (χ2v) is 5.86. The Morgan fingerprint density at radius 2 is 1.78 bits per heavy atom. The van der Waals surface area contributed by atoms with Gasteiger partial charge in [0.05, 0.1) is 5.41 Å². The van der Waals surface area contributed by atoms with E-state index in [0.29, 0.717) is 0 Å². The standard InChI is InChI=1S/C15H16O2S/c1-10-8-9-18-13(10)11-4-6-12(7-5-11)15(2,3)14(16)17/h4-9H,1-3H3,(H,16,17). The lowest BCUT2D eigenvalue weighted by Gasteiger charge is -2.19. The zero-order valence-corrected chi connectivity index (χ0v) is 11.5. The van der Waals surface area contributed by atoms with Crippen LogP contribution in [0.5, 0.6) is 0 Å². The first kappa shape index (κ1) is 12.8. The third kappa shape index (κ3) is 2.18. The smallest absolute Gasteiger partial charge is 0.313 e. The zero-order chi connectivity index (χ0) is 13.3. The highest BCUT2D eigenvalue weighted by Crippen LogP contribution is 2.31. The molecule has 0 spiro atoms. The number of carboxylic acid groups (broad SMARTS) is 1. The summed E-state index contributed by atoms with van der Waals surface area (Å²) in [6, 6.07) is 9.90. The molecule has 0 saturated carbocycles. The summed E-state index contributed by atoms with van der Waals surface area (Å²) in [6.45, 7) is 5.53. The van der Waals surface area contributed by atoms with Crippen LogP contribution in [-0.4, -0.2) is 11.1 Å². The number of carboxylic acids is 1. The highest BCUT2D eigenvalue weighted by atomic mass is 32.1. The van der Waals surface area contributed by atoms with Gasteiger partial charge in [0.1, 0.15) is 0 Å². The van der Waals surface area contributed by atoms with Gasteiger partial charge >= 0.3 is 5.97 Å². The summed E-state index contributed by atoms with van der Waals surface area (Å²) in [7, 11) is 0. The first-order valence-corrected chi connectivity index (χ1v) is 6.69. The van der Waals surface area contributed by atoms with Gasteiger partial charge in [0.15, 0.2) is 0 Å². The van der Waals surface area contributed by atoms with Crippen LogP contribution in [0, 0.1) is 6.92 Å². The van der Waals surface area contributed by atoms with Crippen molar-refractivity contribution in [2.75, 3.05) is 0 Å². The van der Waals surface area contributed by atoms with Crippen molar-refractivity contribution in [3.05, 3.63) is 46.8 Å². The first-order chi connectivity index (χ1) is 8.43. The van der Waals surface area contributed by atoms with Crippen LogP contribution in [0.4, 0.5) is 0 Å². The van der Waals surface area contributed by atoms with Gasteiger partial charge in [-0.2, -0.15) is 0 Å². The van der Waals surface area contributed by atoms with Gasteiger partial charge in [-0.1, -0.05) is 24.3 Å². The van der Waals surface area contributed by atoms with E-state index in [4.69, 9.17) is 0 Å². The fraction of sp³-hybridized carbons (Fsp3) is 0.267. The third-order valence-corrected chi connectivity index (χ3v) is 4.33. The van der Waals surface area contributed by atoms with Crippen molar-refractivity contribution in [2.24, 2.45) is 0 Å². The molecule has 0 aliphatic heterocycles. The lowest BCUT2D eigenvalue weighted by Crippen LogP contribution is -2.28. The molecule has 0 amide bonds. The molecular formula is C15H16O2S. The summed E-state index contributed by atoms with van der Waals surface area (Å²) in [6.07, 6.45) is 0. The number of hydrogen-bond acceptors (Lipinski definition) is 2. The lowest BCUT2D eigenvalue weighted by atomic mass is 9.84. The molecule has 18 heavy (non-hydrogen) atoms. The molecule has 1 heterocycles. The Morgan fingerprint density at radius 3 is 2.22 bits per heavy atom. The Balaban J connectivity index is 2.37. The molecule has 0 aliphatic rings. The van der Waals surface area contributed by atoms with Crippen molar-refractivity contribution in [1.29, 1.82) is 0 Å². The minimum absolute atomic E-state index is 0.803. The van der Waals surface area contributed by atoms with E-state index >= 15 is 0 Å². The fourth-order valence-corrected chi connectivity index (χ4v) is 2.76. The van der Waals surface area contributed by atoms with E-state index in [-0.39, 0.29) is 0 Å². The predicted molar refractivity (Wildman–Crippen MR) is 75.2 cm³/mol. The number of hydrogen-bond donors (Lipinski definition) is 1. The Hall–Kier alpha value is -1.61. The maximum Gasteiger partial charge on any atom is 0.313 e. The topological polar surface area (TPSA) is 37.3 Å². The van der Waals surface area contributed by atoms with E-state index in [1.54, 1.807) is 25.2 Å². The van der Waals surface area contributed by atoms with Crippen molar-refractivity contribution in [1.82, 2.24) is 0 Å². The van der Waals surface area contributed by atoms with Crippen molar-refractivity contribution in [3.8, 4) is 10.4 Å². The molecule has 0 aliphatic carbocycles. The van der Waals surface area contributed by atoms with E-state index < -0.39 is 11.4 Å². The molecule has 2 rings (SSSR count). The molecule has 0 bridgehead atoms. The number of aliphatic carboxylic acids is 1. The summed E-state index contributed by atoms with van der Waals surface area (Å²) in [5.74, 6) is -0.803. The molecule has 0 radical (unpaired) electrons. The third-order valence-electron chi connectivity index (χ3n) is 3.27. The number of aryl methyl sites for hydroxylation is 1. The van der Waals surface area contributed by atoms with Crippen LogP contribution in [-0.2, 0) is 10.2 Å². The number of carbonyl (C=O) groups is 1. The Bertz CT molecular complexity index is 564. The van der Waals surface area contributed by atoms with Crippen LogP contribution in [0.1, 0.15) is 25.0 Å². The molecule has 1 aromatic heterocycles. The maximum atomic E-state index is 11.2. The lowest BCUT2D eigenvalue weighted by molar-refractivity contribution is -0.142.